The SMILES string of the molecule is [2H]c1cc(-c2c([2H])c([2H])c([2H])c([2H])c2[2H])cc(-c2c([2H])c([2H])c([2H])c3oc4c([2H])c([2H])c([2H])c([2H])c4c23)c1. The Labute approximate surface area is 164 Å². The number of furan rings is 1. The molecule has 0 fully saturated rings. The van der Waals surface area contributed by atoms with Gasteiger partial charge in [0.1, 0.15) is 11.2 Å². The van der Waals surface area contributed by atoms with Gasteiger partial charge in [-0.1, -0.05) is 78.6 Å². The minimum Gasteiger partial charge on any atom is -0.456 e. The van der Waals surface area contributed by atoms with E-state index in [2.05, 4.69) is 0 Å². The fourth-order valence-electron chi connectivity index (χ4n) is 2.73. The summed E-state index contributed by atoms with van der Waals surface area (Å²) in [6.45, 7) is 0. The van der Waals surface area contributed by atoms with E-state index in [9.17, 15) is 0 Å². The second kappa shape index (κ2) is 5.64. The van der Waals surface area contributed by atoms with E-state index >= 15 is 0 Å². The number of hydrogen-bond acceptors (Lipinski definition) is 1. The predicted molar refractivity (Wildman–Crippen MR) is 105 cm³/mol. The first-order valence-electron chi connectivity index (χ1n) is 13.9. The molecule has 1 heteroatoms. The molecule has 118 valence electrons. The third-order valence-electron chi connectivity index (χ3n) is 3.81. The molecule has 0 saturated carbocycles. The number of rotatable bonds is 2. The number of hydrogen-bond donors (Lipinski definition) is 0. The zero-order chi connectivity index (χ0) is 28.0. The molecule has 5 rings (SSSR count). The second-order valence-electron chi connectivity index (χ2n) is 5.27. The third kappa shape index (κ3) is 2.33. The molecule has 4 aromatic carbocycles. The molecule has 1 nitrogen and oxygen atoms in total. The van der Waals surface area contributed by atoms with Crippen molar-refractivity contribution in [2.75, 3.05) is 0 Å². The van der Waals surface area contributed by atoms with E-state index in [1.807, 2.05) is 0 Å². The lowest BCUT2D eigenvalue weighted by molar-refractivity contribution is 0.669. The normalized spacial score (nSPS) is 18.5. The Morgan fingerprint density at radius 2 is 1.36 bits per heavy atom. The van der Waals surface area contributed by atoms with Crippen molar-refractivity contribution in [3.8, 4) is 22.3 Å². The van der Waals surface area contributed by atoms with Crippen LogP contribution in [0.25, 0.3) is 44.2 Å². The van der Waals surface area contributed by atoms with Crippen LogP contribution < -0.4 is 0 Å². The van der Waals surface area contributed by atoms with Crippen LogP contribution >= 0.6 is 0 Å². The van der Waals surface area contributed by atoms with Crippen molar-refractivity contribution in [2.24, 2.45) is 0 Å². The Hall–Kier alpha value is -3.32. The summed E-state index contributed by atoms with van der Waals surface area (Å²) in [6, 6.07) is -2.41. The zero-order valence-electron chi connectivity index (χ0n) is 25.6. The van der Waals surface area contributed by atoms with Crippen molar-refractivity contribution in [3.63, 3.8) is 0 Å². The number of fused-ring (bicyclic) bond motifs is 3. The molecule has 0 amide bonds. The van der Waals surface area contributed by atoms with Crippen molar-refractivity contribution < 1.29 is 22.2 Å². The van der Waals surface area contributed by atoms with Crippen molar-refractivity contribution in [1.29, 1.82) is 0 Å². The zero-order valence-corrected chi connectivity index (χ0v) is 12.6. The van der Waals surface area contributed by atoms with Crippen molar-refractivity contribution in [2.45, 2.75) is 0 Å². The van der Waals surface area contributed by atoms with Gasteiger partial charge in [0.25, 0.3) is 0 Å². The highest BCUT2D eigenvalue weighted by Gasteiger charge is 2.12. The Morgan fingerprint density at radius 3 is 2.28 bits per heavy atom. The molecule has 0 N–H and O–H groups in total. The van der Waals surface area contributed by atoms with E-state index in [1.54, 1.807) is 0 Å². The first-order valence-corrected chi connectivity index (χ1v) is 7.39. The van der Waals surface area contributed by atoms with E-state index in [1.165, 1.54) is 18.2 Å². The third-order valence-corrected chi connectivity index (χ3v) is 3.81. The van der Waals surface area contributed by atoms with Crippen LogP contribution in [0.2, 0.25) is 0 Å². The van der Waals surface area contributed by atoms with E-state index in [4.69, 9.17) is 22.2 Å². The molecule has 0 aliphatic carbocycles. The maximum atomic E-state index is 8.65. The summed E-state index contributed by atoms with van der Waals surface area (Å²) in [7, 11) is 0. The largest absolute Gasteiger partial charge is 0.456 e. The lowest BCUT2D eigenvalue weighted by Crippen LogP contribution is -1.82. The van der Waals surface area contributed by atoms with Gasteiger partial charge in [0.05, 0.1) is 17.8 Å². The molecule has 0 spiro atoms. The standard InChI is InChI=1S/C24H16O/c1-2-8-17(9-3-1)18-10-6-11-19(16-18)20-13-7-15-23-24(20)21-12-4-5-14-22(21)25-23/h1-16H/i1D,2D,3D,4D,5D,6D,7D,8D,9D,12D,13D,14D,15D. The topological polar surface area (TPSA) is 13.1 Å². The average molecular weight is 333 g/mol. The molecule has 25 heavy (non-hydrogen) atoms. The Kier molecular flexibility index (Phi) is 1.40. The first kappa shape index (κ1) is 6.20. The van der Waals surface area contributed by atoms with Gasteiger partial charge in [-0.25, -0.2) is 0 Å². The van der Waals surface area contributed by atoms with Gasteiger partial charge in [0.15, 0.2) is 0 Å². The fourth-order valence-corrected chi connectivity index (χ4v) is 2.73. The summed E-state index contributed by atoms with van der Waals surface area (Å²) < 4.78 is 113. The molecule has 5 aromatic rings. The van der Waals surface area contributed by atoms with Gasteiger partial charge >= 0.3 is 0 Å². The predicted octanol–water partition coefficient (Wildman–Crippen LogP) is 6.92. The van der Waals surface area contributed by atoms with Crippen LogP contribution in [0.1, 0.15) is 17.8 Å². The summed E-state index contributed by atoms with van der Waals surface area (Å²) >= 11 is 0. The molecule has 1 heterocycles. The monoisotopic (exact) mass is 333 g/mol. The molecule has 1 aromatic heterocycles. The maximum Gasteiger partial charge on any atom is 0.136 e. The average Bonchev–Trinajstić information content (AvgIpc) is 3.27. The summed E-state index contributed by atoms with van der Waals surface area (Å²) in [6.07, 6.45) is 0. The summed E-state index contributed by atoms with van der Waals surface area (Å²) in [4.78, 5) is 0. The van der Waals surface area contributed by atoms with Gasteiger partial charge in [0, 0.05) is 10.8 Å². The van der Waals surface area contributed by atoms with E-state index in [-0.39, 0.29) is 50.2 Å². The highest BCUT2D eigenvalue weighted by Crippen LogP contribution is 2.37. The molecule has 0 aliphatic heterocycles. The summed E-state index contributed by atoms with van der Waals surface area (Å²) in [5, 5.41) is -0.113. The van der Waals surface area contributed by atoms with Crippen LogP contribution in [0, 0.1) is 0 Å². The molecular weight excluding hydrogens is 304 g/mol. The minimum absolute atomic E-state index is 0.0180. The molecule has 0 bridgehead atoms. The molecule has 0 aliphatic rings. The Balaban J connectivity index is 1.96. The van der Waals surface area contributed by atoms with Gasteiger partial charge in [-0.2, -0.15) is 0 Å². The second-order valence-corrected chi connectivity index (χ2v) is 5.27. The van der Waals surface area contributed by atoms with Gasteiger partial charge in [-0.05, 0) is 40.4 Å². The minimum atomic E-state index is -0.579. The Morgan fingerprint density at radius 1 is 0.600 bits per heavy atom. The first-order chi connectivity index (χ1) is 17.8. The lowest BCUT2D eigenvalue weighted by atomic mass is 9.96. The highest BCUT2D eigenvalue weighted by molar-refractivity contribution is 6.12. The van der Waals surface area contributed by atoms with Gasteiger partial charge in [-0.15, -0.1) is 0 Å². The van der Waals surface area contributed by atoms with Crippen LogP contribution in [0.15, 0.2) is 101 Å². The quantitative estimate of drug-likeness (QED) is 0.342. The van der Waals surface area contributed by atoms with Crippen LogP contribution in [0.4, 0.5) is 0 Å². The molecule has 0 unspecified atom stereocenters. The lowest BCUT2D eigenvalue weighted by Gasteiger charge is -2.07. The van der Waals surface area contributed by atoms with Gasteiger partial charge < -0.3 is 4.42 Å². The van der Waals surface area contributed by atoms with E-state index in [0.717, 1.165) is 0 Å². The smallest absolute Gasteiger partial charge is 0.136 e. The van der Waals surface area contributed by atoms with Crippen LogP contribution in [0.5, 0.6) is 0 Å². The molecule has 0 radical (unpaired) electrons. The van der Waals surface area contributed by atoms with Crippen molar-refractivity contribution in [3.05, 3.63) is 96.8 Å². The molecule has 0 atom stereocenters. The van der Waals surface area contributed by atoms with Crippen LogP contribution in [-0.4, -0.2) is 0 Å². The van der Waals surface area contributed by atoms with Crippen molar-refractivity contribution >= 4 is 21.9 Å². The Bertz CT molecular complexity index is 1830. The van der Waals surface area contributed by atoms with Gasteiger partial charge in [0.2, 0.25) is 0 Å². The van der Waals surface area contributed by atoms with E-state index < -0.39 is 72.5 Å². The van der Waals surface area contributed by atoms with Crippen LogP contribution in [0.3, 0.4) is 0 Å². The fraction of sp³-hybridized carbons (Fsp3) is 0. The molecule has 0 saturated heterocycles. The van der Waals surface area contributed by atoms with Crippen LogP contribution in [-0.2, 0) is 0 Å². The van der Waals surface area contributed by atoms with Gasteiger partial charge in [-0.3, -0.25) is 0 Å². The number of para-hydroxylation sites is 1. The summed E-state index contributed by atoms with van der Waals surface area (Å²) in [5.74, 6) is 0. The van der Waals surface area contributed by atoms with Crippen molar-refractivity contribution in [1.82, 2.24) is 0 Å². The number of benzene rings is 4. The van der Waals surface area contributed by atoms with E-state index in [0.29, 0.717) is 0 Å². The highest BCUT2D eigenvalue weighted by atomic mass is 16.3. The molecular formula is C24H16O. The maximum absolute atomic E-state index is 8.65. The summed E-state index contributed by atoms with van der Waals surface area (Å²) in [5.41, 5.74) is -0.517.